The van der Waals surface area contributed by atoms with E-state index in [1.165, 1.54) is 0 Å². The molecule has 5 heteroatoms. The second-order valence-corrected chi connectivity index (χ2v) is 8.67. The SMILES string of the molecule is CC(C)c1ccc(S(=O)(=O)NCC2CCCN2c2ccccc2)cc1. The van der Waals surface area contributed by atoms with E-state index in [0.717, 1.165) is 30.6 Å². The molecule has 2 aromatic carbocycles. The van der Waals surface area contributed by atoms with Crippen LogP contribution in [0.15, 0.2) is 59.5 Å². The van der Waals surface area contributed by atoms with E-state index in [2.05, 4.69) is 35.6 Å². The summed E-state index contributed by atoms with van der Waals surface area (Å²) in [5, 5.41) is 0. The third kappa shape index (κ3) is 4.22. The topological polar surface area (TPSA) is 49.4 Å². The van der Waals surface area contributed by atoms with Gasteiger partial charge in [-0.3, -0.25) is 0 Å². The van der Waals surface area contributed by atoms with Gasteiger partial charge in [0.15, 0.2) is 0 Å². The average Bonchev–Trinajstić information content (AvgIpc) is 3.09. The molecule has 1 unspecified atom stereocenters. The minimum absolute atomic E-state index is 0.201. The third-order valence-corrected chi connectivity index (χ3v) is 6.27. The first-order valence-corrected chi connectivity index (χ1v) is 10.4. The van der Waals surface area contributed by atoms with Gasteiger partial charge in [-0.25, -0.2) is 13.1 Å². The summed E-state index contributed by atoms with van der Waals surface area (Å²) in [6.45, 7) is 5.60. The van der Waals surface area contributed by atoms with Crippen LogP contribution in [0.5, 0.6) is 0 Å². The standard InChI is InChI=1S/C20H26N2O2S/c1-16(2)17-10-12-20(13-11-17)25(23,24)21-15-19-9-6-14-22(19)18-7-4-3-5-8-18/h3-5,7-8,10-13,16,19,21H,6,9,14-15H2,1-2H3. The van der Waals surface area contributed by atoms with E-state index in [4.69, 9.17) is 0 Å². The molecule has 1 saturated heterocycles. The van der Waals surface area contributed by atoms with Crippen LogP contribution in [0, 0.1) is 0 Å². The Morgan fingerprint density at radius 1 is 1.08 bits per heavy atom. The largest absolute Gasteiger partial charge is 0.367 e. The highest BCUT2D eigenvalue weighted by atomic mass is 32.2. The van der Waals surface area contributed by atoms with E-state index < -0.39 is 10.0 Å². The Morgan fingerprint density at radius 3 is 2.40 bits per heavy atom. The summed E-state index contributed by atoms with van der Waals surface area (Å²) >= 11 is 0. The fourth-order valence-corrected chi connectivity index (χ4v) is 4.40. The van der Waals surface area contributed by atoms with Crippen molar-refractivity contribution in [3.05, 3.63) is 60.2 Å². The molecule has 3 rings (SSSR count). The molecular weight excluding hydrogens is 332 g/mol. The van der Waals surface area contributed by atoms with Crippen molar-refractivity contribution in [2.24, 2.45) is 0 Å². The molecule has 1 atom stereocenters. The molecule has 0 bridgehead atoms. The summed E-state index contributed by atoms with van der Waals surface area (Å²) in [5.74, 6) is 0.391. The minimum atomic E-state index is -3.47. The van der Waals surface area contributed by atoms with E-state index in [1.54, 1.807) is 12.1 Å². The Labute approximate surface area is 150 Å². The molecule has 1 heterocycles. The normalized spacial score (nSPS) is 18.0. The maximum Gasteiger partial charge on any atom is 0.240 e. The fraction of sp³-hybridized carbons (Fsp3) is 0.400. The first kappa shape index (κ1) is 18.0. The maximum atomic E-state index is 12.6. The van der Waals surface area contributed by atoms with Gasteiger partial charge in [-0.2, -0.15) is 0 Å². The molecule has 0 saturated carbocycles. The van der Waals surface area contributed by atoms with Gasteiger partial charge in [0.1, 0.15) is 0 Å². The summed E-state index contributed by atoms with van der Waals surface area (Å²) in [5.41, 5.74) is 2.30. The third-order valence-electron chi connectivity index (χ3n) is 4.83. The number of sulfonamides is 1. The minimum Gasteiger partial charge on any atom is -0.367 e. The van der Waals surface area contributed by atoms with Gasteiger partial charge in [0.05, 0.1) is 4.90 Å². The molecular formula is C20H26N2O2S. The molecule has 0 radical (unpaired) electrons. The maximum absolute atomic E-state index is 12.6. The van der Waals surface area contributed by atoms with Gasteiger partial charge in [-0.05, 0) is 48.6 Å². The second kappa shape index (κ2) is 7.58. The van der Waals surface area contributed by atoms with Crippen molar-refractivity contribution in [2.75, 3.05) is 18.0 Å². The predicted molar refractivity (Wildman–Crippen MR) is 103 cm³/mol. The number of rotatable bonds is 6. The molecule has 2 aromatic rings. The summed E-state index contributed by atoms with van der Waals surface area (Å²) < 4.78 is 28.0. The monoisotopic (exact) mass is 358 g/mol. The van der Waals surface area contributed by atoms with Gasteiger partial charge < -0.3 is 4.90 Å². The molecule has 1 aliphatic rings. The highest BCUT2D eigenvalue weighted by molar-refractivity contribution is 7.89. The number of hydrogen-bond donors (Lipinski definition) is 1. The van der Waals surface area contributed by atoms with Crippen LogP contribution in [-0.4, -0.2) is 27.5 Å². The van der Waals surface area contributed by atoms with Crippen LogP contribution in [0.2, 0.25) is 0 Å². The molecule has 0 aliphatic carbocycles. The number of hydrogen-bond acceptors (Lipinski definition) is 3. The number of anilines is 1. The van der Waals surface area contributed by atoms with Crippen LogP contribution in [0.4, 0.5) is 5.69 Å². The van der Waals surface area contributed by atoms with Crippen molar-refractivity contribution in [2.45, 2.75) is 43.5 Å². The average molecular weight is 359 g/mol. The van der Waals surface area contributed by atoms with Crippen LogP contribution < -0.4 is 9.62 Å². The number of benzene rings is 2. The van der Waals surface area contributed by atoms with Gasteiger partial charge in [0, 0.05) is 24.8 Å². The van der Waals surface area contributed by atoms with Gasteiger partial charge >= 0.3 is 0 Å². The summed E-state index contributed by atoms with van der Waals surface area (Å²) in [7, 11) is -3.47. The van der Waals surface area contributed by atoms with Crippen LogP contribution in [0.25, 0.3) is 0 Å². The first-order chi connectivity index (χ1) is 12.0. The Balaban J connectivity index is 1.67. The zero-order chi connectivity index (χ0) is 17.9. The second-order valence-electron chi connectivity index (χ2n) is 6.90. The van der Waals surface area contributed by atoms with Crippen molar-refractivity contribution in [1.82, 2.24) is 4.72 Å². The van der Waals surface area contributed by atoms with Crippen molar-refractivity contribution >= 4 is 15.7 Å². The lowest BCUT2D eigenvalue weighted by atomic mass is 10.0. The van der Waals surface area contributed by atoms with Crippen molar-refractivity contribution in [1.29, 1.82) is 0 Å². The molecule has 0 spiro atoms. The van der Waals surface area contributed by atoms with Gasteiger partial charge in [0.25, 0.3) is 0 Å². The van der Waals surface area contributed by atoms with E-state index in [-0.39, 0.29) is 6.04 Å². The van der Waals surface area contributed by atoms with E-state index in [9.17, 15) is 8.42 Å². The summed E-state index contributed by atoms with van der Waals surface area (Å²) in [6, 6.07) is 17.6. The lowest BCUT2D eigenvalue weighted by molar-refractivity contribution is 0.567. The Morgan fingerprint density at radius 2 is 1.76 bits per heavy atom. The van der Waals surface area contributed by atoms with E-state index in [0.29, 0.717) is 17.4 Å². The lowest BCUT2D eigenvalue weighted by Gasteiger charge is -2.27. The molecule has 134 valence electrons. The molecule has 25 heavy (non-hydrogen) atoms. The quantitative estimate of drug-likeness (QED) is 0.855. The van der Waals surface area contributed by atoms with Gasteiger partial charge in [-0.1, -0.05) is 44.2 Å². The molecule has 1 N–H and O–H groups in total. The predicted octanol–water partition coefficient (Wildman–Crippen LogP) is 3.76. The molecule has 0 amide bonds. The van der Waals surface area contributed by atoms with Crippen LogP contribution in [0.3, 0.4) is 0 Å². The zero-order valence-corrected chi connectivity index (χ0v) is 15.7. The highest BCUT2D eigenvalue weighted by Crippen LogP contribution is 2.25. The molecule has 1 fully saturated rings. The lowest BCUT2D eigenvalue weighted by Crippen LogP contribution is -2.40. The van der Waals surface area contributed by atoms with Crippen molar-refractivity contribution < 1.29 is 8.42 Å². The molecule has 1 aliphatic heterocycles. The smallest absolute Gasteiger partial charge is 0.240 e. The summed E-state index contributed by atoms with van der Waals surface area (Å²) in [4.78, 5) is 2.63. The van der Waals surface area contributed by atoms with Gasteiger partial charge in [0.2, 0.25) is 10.0 Å². The van der Waals surface area contributed by atoms with Gasteiger partial charge in [-0.15, -0.1) is 0 Å². The fourth-order valence-electron chi connectivity index (χ4n) is 3.33. The van der Waals surface area contributed by atoms with Crippen LogP contribution in [0.1, 0.15) is 38.2 Å². The Bertz CT molecular complexity index is 786. The first-order valence-electron chi connectivity index (χ1n) is 8.89. The van der Waals surface area contributed by atoms with Crippen molar-refractivity contribution in [3.63, 3.8) is 0 Å². The Hall–Kier alpha value is -1.85. The number of nitrogens with zero attached hydrogens (tertiary/aromatic N) is 1. The van der Waals surface area contributed by atoms with Crippen LogP contribution >= 0.6 is 0 Å². The van der Waals surface area contributed by atoms with E-state index >= 15 is 0 Å². The molecule has 0 aromatic heterocycles. The van der Waals surface area contributed by atoms with Crippen molar-refractivity contribution in [3.8, 4) is 0 Å². The highest BCUT2D eigenvalue weighted by Gasteiger charge is 2.26. The zero-order valence-electron chi connectivity index (χ0n) is 14.9. The van der Waals surface area contributed by atoms with E-state index in [1.807, 2.05) is 30.3 Å². The Kier molecular flexibility index (Phi) is 5.45. The molecule has 4 nitrogen and oxygen atoms in total. The number of nitrogens with one attached hydrogen (secondary N) is 1. The number of para-hydroxylation sites is 1. The summed E-state index contributed by atoms with van der Waals surface area (Å²) in [6.07, 6.45) is 2.09. The van der Waals surface area contributed by atoms with Crippen LogP contribution in [-0.2, 0) is 10.0 Å².